The Hall–Kier alpha value is -8.42. The Kier molecular flexibility index (Phi) is 22.8. The molecule has 19 heteroatoms. The summed E-state index contributed by atoms with van der Waals surface area (Å²) in [4.78, 5) is 80.9. The number of fused-ring (bicyclic) bond motifs is 2. The number of ether oxygens (including phenoxy) is 9. The molecule has 2 aliphatic carbocycles. The zero-order valence-corrected chi connectivity index (χ0v) is 47.4. The number of carbonyl (C=O) groups is 6. The lowest BCUT2D eigenvalue weighted by atomic mass is 9.82. The predicted octanol–water partition coefficient (Wildman–Crippen LogP) is 11.7. The van der Waals surface area contributed by atoms with Crippen LogP contribution in [0.3, 0.4) is 0 Å². The van der Waals surface area contributed by atoms with Crippen LogP contribution >= 0.6 is 11.3 Å². The third kappa shape index (κ3) is 18.5. The van der Waals surface area contributed by atoms with E-state index in [9.17, 15) is 28.8 Å². The number of hydrogen-bond donors (Lipinski definition) is 0. The fourth-order valence-corrected chi connectivity index (χ4v) is 10.4. The number of unbranched alkanes of at least 4 members (excludes halogenated alkanes) is 3. The van der Waals surface area contributed by atoms with Crippen molar-refractivity contribution in [2.75, 3.05) is 51.7 Å². The van der Waals surface area contributed by atoms with Crippen LogP contribution in [0, 0.1) is 23.7 Å². The molecule has 8 rings (SSSR count). The van der Waals surface area contributed by atoms with Crippen molar-refractivity contribution in [1.82, 2.24) is 4.98 Å². The van der Waals surface area contributed by atoms with Crippen LogP contribution in [0.15, 0.2) is 134 Å². The van der Waals surface area contributed by atoms with E-state index in [1.54, 1.807) is 91.1 Å². The molecule has 0 atom stereocenters. The maximum atomic E-state index is 13.9. The molecule has 5 aromatic carbocycles. The molecule has 83 heavy (non-hydrogen) atoms. The average Bonchev–Trinajstić information content (AvgIpc) is 4.08. The summed E-state index contributed by atoms with van der Waals surface area (Å²) in [6, 6.07) is 30.4. The fourth-order valence-electron chi connectivity index (χ4n) is 9.54. The summed E-state index contributed by atoms with van der Waals surface area (Å²) in [6.07, 6.45) is 11.6. The number of thiazole rings is 1. The minimum atomic E-state index is -0.468. The minimum absolute atomic E-state index is 0.249. The Labute approximate surface area is 486 Å². The van der Waals surface area contributed by atoms with E-state index in [0.29, 0.717) is 141 Å². The van der Waals surface area contributed by atoms with Crippen molar-refractivity contribution in [2.24, 2.45) is 28.8 Å². The number of rotatable bonds is 29. The van der Waals surface area contributed by atoms with Gasteiger partial charge in [0.05, 0.1) is 66.5 Å². The molecule has 2 fully saturated rings. The van der Waals surface area contributed by atoms with Crippen molar-refractivity contribution in [3.63, 3.8) is 0 Å². The predicted molar refractivity (Wildman–Crippen MR) is 313 cm³/mol. The topological polar surface area (TPSA) is 214 Å². The van der Waals surface area contributed by atoms with E-state index >= 15 is 0 Å². The highest BCUT2D eigenvalue weighted by molar-refractivity contribution is 7.22. The smallest absolute Gasteiger partial charge is 0.330 e. The van der Waals surface area contributed by atoms with Gasteiger partial charge in [-0.15, -0.1) is 0 Å². The third-order valence-corrected chi connectivity index (χ3v) is 15.3. The van der Waals surface area contributed by atoms with Crippen LogP contribution in [0.1, 0.15) is 89.0 Å². The number of anilines is 1. The van der Waals surface area contributed by atoms with E-state index in [0.717, 1.165) is 53.4 Å². The molecule has 0 amide bonds. The second-order valence-electron chi connectivity index (χ2n) is 20.2. The maximum absolute atomic E-state index is 13.9. The van der Waals surface area contributed by atoms with Gasteiger partial charge in [-0.25, -0.2) is 19.6 Å². The zero-order valence-electron chi connectivity index (χ0n) is 46.6. The Morgan fingerprint density at radius 2 is 1.02 bits per heavy atom. The first-order valence-corrected chi connectivity index (χ1v) is 28.9. The van der Waals surface area contributed by atoms with Crippen molar-refractivity contribution >= 4 is 79.5 Å². The number of esters is 6. The zero-order chi connectivity index (χ0) is 58.3. The van der Waals surface area contributed by atoms with Crippen LogP contribution in [0.4, 0.5) is 5.13 Å². The third-order valence-electron chi connectivity index (χ3n) is 14.2. The SMILES string of the molecule is C=CC(=O)OCCCCCCOc1ccc(OC(=O)C2CCC(C(=O)Oc3ccc4cc(OC(=O)C5CCC(C(=O)Oc6ccc(OCCOCCCOC(=O)C=C)cc6)CC5)c(/C=N/N(C)c5nc6ccccc6s5)cc4c3)CC2)cc1. The standard InChI is InChI=1S/C64H69N3O15S/c1-4-58(68)77-35-11-7-6-10-34-75-50-25-29-52(30-26-50)79-60(70)43-15-17-45(18-16-43)62(72)81-54-24-23-47-41-56(49(39-48(47)40-54)42-65-67(3)64-66-55-13-8-9-14-57(55)83-64)82-63(73)46-21-19-44(20-22-46)61(71)80-53-31-27-51(28-32-53)76-38-37-74-33-12-36-78-59(69)5-2/h4-5,8-9,13-14,23-32,39-46H,1-2,6-7,10-12,15-22,33-38H2,3H3/b65-42+. The average molecular weight is 1150 g/mol. The number of hydrazone groups is 1. The van der Waals surface area contributed by atoms with Gasteiger partial charge in [-0.1, -0.05) is 42.7 Å². The summed E-state index contributed by atoms with van der Waals surface area (Å²) >= 11 is 1.49. The van der Waals surface area contributed by atoms with Crippen molar-refractivity contribution in [3.8, 4) is 34.5 Å². The van der Waals surface area contributed by atoms with Crippen molar-refractivity contribution < 1.29 is 71.4 Å². The van der Waals surface area contributed by atoms with E-state index in [4.69, 9.17) is 52.7 Å². The van der Waals surface area contributed by atoms with Crippen LogP contribution < -0.4 is 33.4 Å². The van der Waals surface area contributed by atoms with E-state index in [2.05, 4.69) is 13.2 Å². The summed E-state index contributed by atoms with van der Waals surface area (Å²) in [5.41, 5.74) is 1.35. The minimum Gasteiger partial charge on any atom is -0.494 e. The van der Waals surface area contributed by atoms with Crippen LogP contribution in [0.5, 0.6) is 34.5 Å². The molecule has 0 spiro atoms. The lowest BCUT2D eigenvalue weighted by Crippen LogP contribution is -2.30. The number of aromatic nitrogens is 1. The van der Waals surface area contributed by atoms with Crippen LogP contribution in [-0.4, -0.2) is 93.7 Å². The normalized spacial score (nSPS) is 16.8. The van der Waals surface area contributed by atoms with Gasteiger partial charge < -0.3 is 42.6 Å². The Morgan fingerprint density at radius 1 is 0.530 bits per heavy atom. The summed E-state index contributed by atoms with van der Waals surface area (Å²) in [5, 5.41) is 8.48. The lowest BCUT2D eigenvalue weighted by molar-refractivity contribution is -0.145. The molecule has 6 aromatic rings. The number of hydrogen-bond acceptors (Lipinski definition) is 19. The van der Waals surface area contributed by atoms with Gasteiger partial charge in [0.2, 0.25) is 5.13 Å². The van der Waals surface area contributed by atoms with Crippen LogP contribution in [0.2, 0.25) is 0 Å². The largest absolute Gasteiger partial charge is 0.494 e. The van der Waals surface area contributed by atoms with E-state index in [1.807, 2.05) is 30.3 Å². The molecule has 18 nitrogen and oxygen atoms in total. The molecular formula is C64H69N3O15S. The summed E-state index contributed by atoms with van der Waals surface area (Å²) in [7, 11) is 1.79. The van der Waals surface area contributed by atoms with Gasteiger partial charge in [-0.05, 0) is 173 Å². The summed E-state index contributed by atoms with van der Waals surface area (Å²) in [5.74, 6) is -1.30. The lowest BCUT2D eigenvalue weighted by Gasteiger charge is -2.26. The highest BCUT2D eigenvalue weighted by atomic mass is 32.1. The Morgan fingerprint density at radius 3 is 1.59 bits per heavy atom. The second kappa shape index (κ2) is 31.1. The Bertz CT molecular complexity index is 3180. The van der Waals surface area contributed by atoms with Gasteiger partial charge in [-0.2, -0.15) is 5.10 Å². The number of para-hydroxylation sites is 1. The summed E-state index contributed by atoms with van der Waals surface area (Å²) < 4.78 is 51.5. The molecule has 1 heterocycles. The number of benzene rings is 5. The van der Waals surface area contributed by atoms with Crippen LogP contribution in [0.25, 0.3) is 21.0 Å². The first kappa shape index (κ1) is 60.7. The van der Waals surface area contributed by atoms with E-state index in [-0.39, 0.29) is 30.4 Å². The first-order valence-electron chi connectivity index (χ1n) is 28.1. The van der Waals surface area contributed by atoms with Gasteiger partial charge in [0.15, 0.2) is 0 Å². The molecular weight excluding hydrogens is 1080 g/mol. The van der Waals surface area contributed by atoms with Gasteiger partial charge in [0, 0.05) is 37.8 Å². The van der Waals surface area contributed by atoms with Gasteiger partial charge in [0.1, 0.15) is 41.1 Å². The molecule has 2 saturated carbocycles. The summed E-state index contributed by atoms with van der Waals surface area (Å²) in [6.45, 7) is 8.97. The monoisotopic (exact) mass is 1150 g/mol. The molecule has 2 aliphatic rings. The maximum Gasteiger partial charge on any atom is 0.330 e. The van der Waals surface area contributed by atoms with Gasteiger partial charge in [0.25, 0.3) is 0 Å². The second-order valence-corrected chi connectivity index (χ2v) is 21.2. The van der Waals surface area contributed by atoms with E-state index < -0.39 is 35.7 Å². The fraction of sp³-hybridized carbons (Fsp3) is 0.375. The van der Waals surface area contributed by atoms with Crippen molar-refractivity contribution in [1.29, 1.82) is 0 Å². The highest BCUT2D eigenvalue weighted by Crippen LogP contribution is 2.36. The number of nitrogens with zero attached hydrogens (tertiary/aromatic N) is 3. The number of carbonyl (C=O) groups excluding carboxylic acids is 6. The highest BCUT2D eigenvalue weighted by Gasteiger charge is 2.34. The van der Waals surface area contributed by atoms with Gasteiger partial charge in [-0.3, -0.25) is 19.2 Å². The molecule has 436 valence electrons. The first-order chi connectivity index (χ1) is 40.4. The van der Waals surface area contributed by atoms with Gasteiger partial charge >= 0.3 is 35.8 Å². The molecule has 0 aliphatic heterocycles. The molecule has 0 radical (unpaired) electrons. The Balaban J connectivity index is 0.813. The quantitative estimate of drug-likeness (QED) is 0.0107. The molecule has 0 unspecified atom stereocenters. The molecule has 1 aromatic heterocycles. The van der Waals surface area contributed by atoms with Crippen LogP contribution in [-0.2, 0) is 43.0 Å². The van der Waals surface area contributed by atoms with E-state index in [1.165, 1.54) is 11.3 Å². The van der Waals surface area contributed by atoms with Crippen molar-refractivity contribution in [2.45, 2.75) is 83.5 Å². The molecule has 0 N–H and O–H groups in total. The molecule has 0 bridgehead atoms. The molecule has 0 saturated heterocycles. The van der Waals surface area contributed by atoms with Crippen molar-refractivity contribution in [3.05, 3.63) is 134 Å².